The summed E-state index contributed by atoms with van der Waals surface area (Å²) >= 11 is 0. The zero-order valence-electron chi connectivity index (χ0n) is 70.6. The van der Waals surface area contributed by atoms with E-state index in [1.54, 1.807) is 108 Å². The van der Waals surface area contributed by atoms with E-state index >= 15 is 0 Å². The lowest BCUT2D eigenvalue weighted by molar-refractivity contribution is 0.809. The third-order valence-electron chi connectivity index (χ3n) is 22.3. The van der Waals surface area contributed by atoms with E-state index < -0.39 is 31.6 Å². The van der Waals surface area contributed by atoms with E-state index in [1.165, 1.54) is 33.4 Å². The standard InChI is InChI=1S/C96H142Si4/c1-53(2)71-41-79(59(13)14)91(80(42-71)60(15)16)97(99(93-83(63(21)22)45-73(55(5)6)46-84(93)64(23)24)94-85(65(25)26)47-74(56(7)8)48-86(94)66(27)28)77-37-39-78(40-38-77)98(92-81(61(17)18)43-72(54(3)4)44-82(92)62(19)20)100(95-87(67(29)30)49-75(57(9)10)50-88(95)68(31)32)96-89(69(33)34)51-76(58(11)12)52-90(96)70(35)36/h37-70H,1-36H3. The topological polar surface area (TPSA) is 0 Å². The highest BCUT2D eigenvalue weighted by Gasteiger charge is 2.37. The molecule has 0 fully saturated rings. The molecule has 0 radical (unpaired) electrons. The molecule has 0 saturated carbocycles. The summed E-state index contributed by atoms with van der Waals surface area (Å²) in [5.41, 5.74) is 28.0. The van der Waals surface area contributed by atoms with Gasteiger partial charge in [-0.15, -0.1) is 0 Å². The Morgan fingerprint density at radius 1 is 0.140 bits per heavy atom. The first-order valence-electron chi connectivity index (χ1n) is 40.2. The van der Waals surface area contributed by atoms with Crippen LogP contribution in [0.2, 0.25) is 0 Å². The van der Waals surface area contributed by atoms with E-state index in [2.05, 4.69) is 346 Å². The molecular weight excluding hydrogens is 1270 g/mol. The molecular formula is C96H142Si4. The molecule has 0 aromatic heterocycles. The summed E-state index contributed by atoms with van der Waals surface area (Å²) in [6, 6.07) is 44.1. The number of benzene rings is 7. The highest BCUT2D eigenvalue weighted by Crippen LogP contribution is 2.36. The van der Waals surface area contributed by atoms with Gasteiger partial charge < -0.3 is 0 Å². The molecule has 0 spiro atoms. The molecule has 0 unspecified atom stereocenters. The lowest BCUT2D eigenvalue weighted by Gasteiger charge is -2.33. The quantitative estimate of drug-likeness (QED) is 0.0474. The molecule has 7 aromatic rings. The van der Waals surface area contributed by atoms with Crippen LogP contribution in [-0.4, -0.2) is 31.6 Å². The molecule has 0 aliphatic rings. The molecule has 0 aliphatic heterocycles. The van der Waals surface area contributed by atoms with Crippen LogP contribution in [0.4, 0.5) is 0 Å². The van der Waals surface area contributed by atoms with Crippen LogP contribution in [0, 0.1) is 0 Å². The maximum absolute atomic E-state index is 2.85. The molecule has 0 N–H and O–H groups in total. The highest BCUT2D eigenvalue weighted by molar-refractivity contribution is 7.21. The van der Waals surface area contributed by atoms with Crippen LogP contribution in [0.5, 0.6) is 0 Å². The predicted octanol–water partition coefficient (Wildman–Crippen LogP) is 23.9. The Hall–Kier alpha value is -4.59. The summed E-state index contributed by atoms with van der Waals surface area (Å²) < 4.78 is 0. The zero-order chi connectivity index (χ0) is 75.0. The Morgan fingerprint density at radius 3 is 0.330 bits per heavy atom. The van der Waals surface area contributed by atoms with E-state index in [9.17, 15) is 0 Å². The molecule has 0 bridgehead atoms. The summed E-state index contributed by atoms with van der Waals surface area (Å²) in [5, 5.41) is 13.5. The Morgan fingerprint density at radius 2 is 0.240 bits per heavy atom. The zero-order valence-corrected chi connectivity index (χ0v) is 74.6. The van der Waals surface area contributed by atoms with Gasteiger partial charge in [0, 0.05) is 0 Å². The van der Waals surface area contributed by atoms with Crippen molar-refractivity contribution in [2.45, 2.75) is 356 Å². The van der Waals surface area contributed by atoms with Crippen molar-refractivity contribution in [3.05, 3.63) is 197 Å². The molecule has 7 rings (SSSR count). The van der Waals surface area contributed by atoms with Crippen molar-refractivity contribution in [1.29, 1.82) is 0 Å². The van der Waals surface area contributed by atoms with Gasteiger partial charge in [-0.05, 0) is 248 Å². The van der Waals surface area contributed by atoms with Gasteiger partial charge in [-0.25, -0.2) is 0 Å². The number of hydrogen-bond acceptors (Lipinski definition) is 0. The monoisotopic (exact) mass is 1410 g/mol. The summed E-state index contributed by atoms with van der Waals surface area (Å²) in [6.45, 7) is 90.0. The Kier molecular flexibility index (Phi) is 28.2. The van der Waals surface area contributed by atoms with Crippen molar-refractivity contribution in [3.63, 3.8) is 0 Å². The van der Waals surface area contributed by atoms with Gasteiger partial charge in [-0.3, -0.25) is 0 Å². The van der Waals surface area contributed by atoms with Gasteiger partial charge in [0.1, 0.15) is 0 Å². The molecule has 0 saturated heterocycles. The molecule has 0 nitrogen and oxygen atoms in total. The van der Waals surface area contributed by atoms with Crippen LogP contribution >= 0.6 is 0 Å². The van der Waals surface area contributed by atoms with E-state index in [1.807, 2.05) is 0 Å². The van der Waals surface area contributed by atoms with Crippen molar-refractivity contribution in [3.8, 4) is 0 Å². The predicted molar refractivity (Wildman–Crippen MR) is 459 cm³/mol. The minimum absolute atomic E-state index is 0.334. The van der Waals surface area contributed by atoms with Crippen LogP contribution in [-0.2, 0) is 0 Å². The second kappa shape index (κ2) is 34.1. The summed E-state index contributed by atoms with van der Waals surface area (Å²) in [6.07, 6.45) is 0. The van der Waals surface area contributed by atoms with Crippen LogP contribution in [0.15, 0.2) is 97.1 Å². The largest absolute Gasteiger partial charge is 0.0701 e. The molecule has 0 aliphatic carbocycles. The van der Waals surface area contributed by atoms with Crippen LogP contribution in [0.1, 0.15) is 456 Å². The average molecular weight is 1410 g/mol. The second-order valence-electron chi connectivity index (χ2n) is 36.3. The van der Waals surface area contributed by atoms with Crippen molar-refractivity contribution in [2.24, 2.45) is 0 Å². The Balaban J connectivity index is 2.03. The van der Waals surface area contributed by atoms with Gasteiger partial charge >= 0.3 is 0 Å². The molecule has 100 heavy (non-hydrogen) atoms. The maximum Gasteiger partial charge on any atom is 0.0701 e. The van der Waals surface area contributed by atoms with Crippen molar-refractivity contribution < 1.29 is 0 Å². The third kappa shape index (κ3) is 17.5. The van der Waals surface area contributed by atoms with E-state index in [-0.39, 0.29) is 0 Å². The molecule has 4 heteroatoms. The molecule has 542 valence electrons. The van der Waals surface area contributed by atoms with Crippen LogP contribution in [0.3, 0.4) is 0 Å². The smallest absolute Gasteiger partial charge is 0.0592 e. The Bertz CT molecular complexity index is 3480. The van der Waals surface area contributed by atoms with Crippen molar-refractivity contribution in [2.75, 3.05) is 0 Å². The first kappa shape index (κ1) is 82.7. The lowest BCUT2D eigenvalue weighted by Crippen LogP contribution is -2.58. The van der Waals surface area contributed by atoms with Crippen molar-refractivity contribution in [1.82, 2.24) is 0 Å². The number of rotatable bonds is 26. The lowest BCUT2D eigenvalue weighted by atomic mass is 9.89. The highest BCUT2D eigenvalue weighted by atomic mass is 28.9. The van der Waals surface area contributed by atoms with Gasteiger partial charge in [0.05, 0.1) is 31.6 Å². The fraction of sp³-hybridized carbons (Fsp3) is 0.562. The number of hydrogen-bond donors (Lipinski definition) is 0. The minimum Gasteiger partial charge on any atom is -0.0592 e. The second-order valence-corrected chi connectivity index (χ2v) is 49.5. The Labute approximate surface area is 621 Å². The molecule has 7 aromatic carbocycles. The SMILES string of the molecule is CC(C)c1cc(C(C)C)c([Si](c2ccc([Si](c3c(C(C)C)cc(C(C)C)cc3C(C)C)=[Si](c3c(C(C)C)cc(C(C)C)cc3C(C)C)c3c(C(C)C)cc(C(C)C)cc3C(C)C)cc2)=[Si](c2c(C(C)C)cc(C(C)C)cc2C(C)C)c2c(C(C)C)cc(C(C)C)cc2C(C)C)c(C(C)C)c1. The van der Waals surface area contributed by atoms with E-state index in [0.29, 0.717) is 107 Å². The third-order valence-corrected chi connectivity index (χ3v) is 40.8. The van der Waals surface area contributed by atoms with Gasteiger partial charge in [0.2, 0.25) is 0 Å². The average Bonchev–Trinajstić information content (AvgIpc) is 0.728. The molecule has 0 amide bonds. The summed E-state index contributed by atoms with van der Waals surface area (Å²) in [4.78, 5) is 0. The van der Waals surface area contributed by atoms with Gasteiger partial charge in [0.15, 0.2) is 0 Å². The first-order valence-corrected chi connectivity index (χ1v) is 48.2. The van der Waals surface area contributed by atoms with Crippen LogP contribution in [0.25, 0.3) is 0 Å². The molecule has 0 heterocycles. The fourth-order valence-corrected chi connectivity index (χ4v) is 40.2. The molecule has 0 atom stereocenters. The van der Waals surface area contributed by atoms with Crippen LogP contribution < -0.4 is 41.5 Å². The van der Waals surface area contributed by atoms with E-state index in [4.69, 9.17) is 0 Å². The van der Waals surface area contributed by atoms with Gasteiger partial charge in [-0.1, -0.05) is 346 Å². The normalized spacial score (nSPS) is 12.6. The van der Waals surface area contributed by atoms with E-state index in [0.717, 1.165) is 0 Å². The fourth-order valence-electron chi connectivity index (χ4n) is 15.8. The minimum atomic E-state index is -1.78. The first-order chi connectivity index (χ1) is 46.5. The van der Waals surface area contributed by atoms with Gasteiger partial charge in [0.25, 0.3) is 0 Å². The summed E-state index contributed by atoms with van der Waals surface area (Å²) in [7, 11) is -7.09. The maximum atomic E-state index is 2.85. The van der Waals surface area contributed by atoms with Crippen molar-refractivity contribution >= 4 is 73.1 Å². The summed E-state index contributed by atoms with van der Waals surface area (Å²) in [5.74, 6) is 6.58. The van der Waals surface area contributed by atoms with Gasteiger partial charge in [-0.2, -0.15) is 0 Å².